The summed E-state index contributed by atoms with van der Waals surface area (Å²) in [6.45, 7) is 19.2. The first-order valence-electron chi connectivity index (χ1n) is 40.7. The summed E-state index contributed by atoms with van der Waals surface area (Å²) < 4.78 is 51.1. The van der Waals surface area contributed by atoms with E-state index in [9.17, 15) is 15.8 Å². The third-order valence-electron chi connectivity index (χ3n) is 23.8. The molecule has 0 spiro atoms. The number of allylic oxidation sites excluding steroid dienone is 1. The number of anilines is 3. The van der Waals surface area contributed by atoms with Gasteiger partial charge >= 0.3 is 0 Å². The summed E-state index contributed by atoms with van der Waals surface area (Å²) in [5.74, 6) is 1.86. The number of morpholine rings is 2. The van der Waals surface area contributed by atoms with Crippen LogP contribution in [0.3, 0.4) is 0 Å². The Morgan fingerprint density at radius 2 is 0.878 bits per heavy atom. The van der Waals surface area contributed by atoms with E-state index in [0.29, 0.717) is 72.6 Å². The van der Waals surface area contributed by atoms with Crippen LogP contribution in [0.1, 0.15) is 65.7 Å². The highest BCUT2D eigenvalue weighted by atomic mass is 16.5. The second kappa shape index (κ2) is 34.7. The summed E-state index contributed by atoms with van der Waals surface area (Å²) in [5, 5.41) is 31.8. The van der Waals surface area contributed by atoms with Crippen LogP contribution in [0, 0.1) is 34.0 Å². The number of rotatable bonds is 17. The minimum absolute atomic E-state index is 0.0591. The maximum Gasteiger partial charge on any atom is 0.183 e. The molecule has 1 atom stereocenters. The number of piperazine rings is 1. The number of aromatic nitrogens is 4. The van der Waals surface area contributed by atoms with Gasteiger partial charge in [-0.2, -0.15) is 15.8 Å². The molecule has 8 saturated heterocycles. The second-order valence-corrected chi connectivity index (χ2v) is 30.9. The maximum atomic E-state index is 9.96. The quantitative estimate of drug-likeness (QED) is 0.0863. The van der Waals surface area contributed by atoms with Gasteiger partial charge in [0.25, 0.3) is 0 Å². The number of fused-ring (bicyclic) bond motifs is 3. The monoisotopic (exact) mass is 1530 g/mol. The Kier molecular flexibility index (Phi) is 22.7. The Morgan fingerprint density at radius 1 is 0.400 bits per heavy atom. The summed E-state index contributed by atoms with van der Waals surface area (Å²) in [5.41, 5.74) is 22.4. The molecule has 9 aliphatic rings. The van der Waals surface area contributed by atoms with E-state index in [1.807, 2.05) is 60.8 Å². The zero-order valence-electron chi connectivity index (χ0n) is 64.7. The summed E-state index contributed by atoms with van der Waals surface area (Å²) in [6, 6.07) is 69.0. The molecule has 584 valence electrons. The Bertz CT molecular complexity index is 5410. The van der Waals surface area contributed by atoms with Gasteiger partial charge in [0, 0.05) is 165 Å². The summed E-state index contributed by atoms with van der Waals surface area (Å²) in [6.07, 6.45) is 9.54. The fraction of sp³-hybridized carbons (Fsp3) is 0.351. The van der Waals surface area contributed by atoms with Crippen LogP contribution in [-0.2, 0) is 34.8 Å². The number of pyridine rings is 2. The number of benzene rings is 7. The zero-order valence-corrected chi connectivity index (χ0v) is 64.7. The molecular weight excluding hydrogens is 1440 g/mol. The Balaban J connectivity index is 0.000000120. The van der Waals surface area contributed by atoms with Crippen molar-refractivity contribution in [2.24, 2.45) is 0 Å². The smallest absolute Gasteiger partial charge is 0.183 e. The molecule has 4 aromatic heterocycles. The molecule has 21 heteroatoms. The molecule has 0 bridgehead atoms. The van der Waals surface area contributed by atoms with Gasteiger partial charge in [-0.15, -0.1) is 0 Å². The Labute approximate surface area is 670 Å². The van der Waals surface area contributed by atoms with E-state index in [-0.39, 0.29) is 18.3 Å². The molecule has 0 amide bonds. The highest BCUT2D eigenvalue weighted by molar-refractivity contribution is 6.00. The lowest BCUT2D eigenvalue weighted by molar-refractivity contribution is -0.0660. The lowest BCUT2D eigenvalue weighted by Gasteiger charge is -2.43. The molecular formula is C94H94N12O9. The van der Waals surface area contributed by atoms with Crippen LogP contribution in [-0.4, -0.2) is 205 Å². The molecule has 8 aliphatic heterocycles. The van der Waals surface area contributed by atoms with Crippen LogP contribution in [0.5, 0.6) is 17.2 Å². The minimum Gasteiger partial charge on any atom is -0.489 e. The van der Waals surface area contributed by atoms with E-state index in [0.717, 1.165) is 246 Å². The van der Waals surface area contributed by atoms with E-state index in [1.54, 1.807) is 0 Å². The SMILES string of the molecule is N#Cc1cc(-c2cccc3[nH]c(-c4ccc(N5CCOCC5)cc4)cc23)ccc1O[C@@H]1CCN(C2COC2)C1.N#Cc1cc(-c2ccnc3c2C=C(c2ccc(N4CCN(C5COC5)CC4)cc2)C3)ccc1OC1CCOCC1.N#Cc1nc(-c2cccc3[nH]c(-c4ccc(N5CCOCC5)cc4)cc23)ccc1OC1CCOCC1. The normalized spacial score (nSPS) is 19.0. The zero-order chi connectivity index (χ0) is 77.4. The molecule has 8 fully saturated rings. The number of aromatic amines is 2. The molecule has 0 saturated carbocycles. The van der Waals surface area contributed by atoms with Crippen LogP contribution in [0.2, 0.25) is 0 Å². The fourth-order valence-corrected chi connectivity index (χ4v) is 17.1. The predicted molar refractivity (Wildman–Crippen MR) is 447 cm³/mol. The van der Waals surface area contributed by atoms with Gasteiger partial charge in [0.15, 0.2) is 11.4 Å². The third kappa shape index (κ3) is 16.8. The van der Waals surface area contributed by atoms with E-state index in [1.165, 1.54) is 28.2 Å². The maximum absolute atomic E-state index is 9.96. The van der Waals surface area contributed by atoms with Crippen molar-refractivity contribution in [2.75, 3.05) is 159 Å². The van der Waals surface area contributed by atoms with Gasteiger partial charge < -0.3 is 67.3 Å². The number of ether oxygens (including phenoxy) is 9. The van der Waals surface area contributed by atoms with Crippen molar-refractivity contribution in [3.8, 4) is 91.5 Å². The van der Waals surface area contributed by atoms with Crippen molar-refractivity contribution in [3.63, 3.8) is 0 Å². The number of hydrogen-bond acceptors (Lipinski definition) is 19. The van der Waals surface area contributed by atoms with Crippen molar-refractivity contribution in [1.29, 1.82) is 15.8 Å². The van der Waals surface area contributed by atoms with Crippen molar-refractivity contribution in [2.45, 2.75) is 68.9 Å². The van der Waals surface area contributed by atoms with Crippen molar-refractivity contribution >= 4 is 50.5 Å². The topological polar surface area (TPSA) is 228 Å². The van der Waals surface area contributed by atoms with Gasteiger partial charge in [-0.05, 0) is 160 Å². The number of H-pyrrole nitrogens is 2. The first kappa shape index (κ1) is 75.0. The predicted octanol–water partition coefficient (Wildman–Crippen LogP) is 15.0. The third-order valence-corrected chi connectivity index (χ3v) is 23.8. The standard InChI is InChI=1S/C33H34N4O3.C32H32N4O3.C29H28N4O3/c34-20-26-17-24(3-6-33(26)40-29-8-15-38-16-9-29)30-7-10-35-32-19-25(18-31(30)32)23-1-4-27(5-2-23)36-11-13-37(14-12-36)28-21-39-22-28;33-18-24-16-23(6-9-32(24)39-27-10-11-36(19-27)26-20-38-21-26)28-2-1-3-30-29(28)17-31(34-30)22-4-7-25(8-5-22)35-12-14-37-15-13-35;30-19-28-29(36-22-10-14-34-15-11-22)9-8-26(32-28)23-2-1-3-25-24(23)18-27(31-25)20-4-6-21(7-5-20)33-12-16-35-17-13-33/h1-7,10,17-18,28-29H,8-9,11-16,19,21-22H2;1-9,16-17,26-27,34H,10-15,19-21H2;1-9,18,22,31H,10-17H2/t;27-;/m.1./s1. The van der Waals surface area contributed by atoms with Gasteiger partial charge in [-0.1, -0.05) is 72.8 Å². The van der Waals surface area contributed by atoms with Gasteiger partial charge in [0.1, 0.15) is 48.0 Å². The highest BCUT2D eigenvalue weighted by Crippen LogP contribution is 2.42. The second-order valence-electron chi connectivity index (χ2n) is 30.9. The average molecular weight is 1540 g/mol. The van der Waals surface area contributed by atoms with Crippen LogP contribution < -0.4 is 28.9 Å². The largest absolute Gasteiger partial charge is 0.489 e. The van der Waals surface area contributed by atoms with Gasteiger partial charge in [-0.25, -0.2) is 4.98 Å². The van der Waals surface area contributed by atoms with E-state index >= 15 is 0 Å². The first-order chi connectivity index (χ1) is 56.8. The summed E-state index contributed by atoms with van der Waals surface area (Å²) in [7, 11) is 0. The van der Waals surface area contributed by atoms with Gasteiger partial charge in [0.05, 0.1) is 114 Å². The number of likely N-dealkylation sites (tertiary alicyclic amines) is 1. The molecule has 12 heterocycles. The number of hydrogen-bond donors (Lipinski definition) is 2. The molecule has 115 heavy (non-hydrogen) atoms. The number of nitrogens with one attached hydrogen (secondary N) is 2. The van der Waals surface area contributed by atoms with Crippen LogP contribution in [0.25, 0.3) is 89.5 Å². The van der Waals surface area contributed by atoms with Crippen molar-refractivity contribution in [3.05, 3.63) is 216 Å². The van der Waals surface area contributed by atoms with Gasteiger partial charge in [0.2, 0.25) is 0 Å². The molecule has 7 aromatic carbocycles. The van der Waals surface area contributed by atoms with Crippen LogP contribution in [0.15, 0.2) is 182 Å². The number of nitrogens with zero attached hydrogens (tertiary/aromatic N) is 10. The van der Waals surface area contributed by atoms with E-state index in [4.69, 9.17) is 47.6 Å². The summed E-state index contributed by atoms with van der Waals surface area (Å²) in [4.78, 5) is 28.7. The molecule has 0 radical (unpaired) electrons. The Morgan fingerprint density at radius 3 is 1.42 bits per heavy atom. The van der Waals surface area contributed by atoms with Crippen molar-refractivity contribution < 1.29 is 42.6 Å². The van der Waals surface area contributed by atoms with E-state index < -0.39 is 0 Å². The molecule has 21 nitrogen and oxygen atoms in total. The lowest BCUT2D eigenvalue weighted by Crippen LogP contribution is -2.56. The molecule has 0 unspecified atom stereocenters. The van der Waals surface area contributed by atoms with Gasteiger partial charge in [-0.3, -0.25) is 14.8 Å². The lowest BCUT2D eigenvalue weighted by atomic mass is 9.98. The Hall–Kier alpha value is -11.4. The number of nitriles is 3. The van der Waals surface area contributed by atoms with E-state index in [2.05, 4.69) is 185 Å². The van der Waals surface area contributed by atoms with Crippen LogP contribution >= 0.6 is 0 Å². The molecule has 20 rings (SSSR count). The average Bonchev–Trinajstić information content (AvgIpc) is 1.69. The molecule has 1 aliphatic carbocycles. The van der Waals surface area contributed by atoms with Crippen molar-refractivity contribution in [1.82, 2.24) is 29.7 Å². The highest BCUT2D eigenvalue weighted by Gasteiger charge is 2.35. The summed E-state index contributed by atoms with van der Waals surface area (Å²) >= 11 is 0. The fourth-order valence-electron chi connectivity index (χ4n) is 17.1. The first-order valence-corrected chi connectivity index (χ1v) is 40.7. The van der Waals surface area contributed by atoms with Crippen LogP contribution in [0.4, 0.5) is 17.1 Å². The minimum atomic E-state index is 0.0591. The molecule has 2 N–H and O–H groups in total. The molecule has 11 aromatic rings.